The minimum Gasteiger partial charge on any atom is -0.466 e. The molecular formula is C11H20O4S. The smallest absolute Gasteiger partial charge is 0.316 e. The van der Waals surface area contributed by atoms with Crippen molar-refractivity contribution in [1.29, 1.82) is 0 Å². The van der Waals surface area contributed by atoms with Gasteiger partial charge >= 0.3 is 11.9 Å². The minimum absolute atomic E-state index is 0.223. The number of carbonyl (C=O) groups is 2. The van der Waals surface area contributed by atoms with E-state index in [-0.39, 0.29) is 17.7 Å². The second kappa shape index (κ2) is 7.54. The highest BCUT2D eigenvalue weighted by molar-refractivity contribution is 7.99. The Bertz CT molecular complexity index is 233. The molecule has 0 aliphatic rings. The van der Waals surface area contributed by atoms with Crippen molar-refractivity contribution in [3.05, 3.63) is 0 Å². The Hall–Kier alpha value is -0.710. The summed E-state index contributed by atoms with van der Waals surface area (Å²) in [5, 5.41) is 0. The number of rotatable bonds is 6. The Morgan fingerprint density at radius 3 is 2.31 bits per heavy atom. The van der Waals surface area contributed by atoms with E-state index < -0.39 is 5.60 Å². The van der Waals surface area contributed by atoms with Crippen LogP contribution >= 0.6 is 11.8 Å². The van der Waals surface area contributed by atoms with Gasteiger partial charge in [-0.1, -0.05) is 0 Å². The lowest BCUT2D eigenvalue weighted by Crippen LogP contribution is -2.25. The normalized spacial score (nSPS) is 11.0. The van der Waals surface area contributed by atoms with E-state index >= 15 is 0 Å². The molecular weight excluding hydrogens is 228 g/mol. The molecule has 0 aromatic rings. The second-order valence-electron chi connectivity index (χ2n) is 4.19. The van der Waals surface area contributed by atoms with Gasteiger partial charge in [-0.2, -0.15) is 0 Å². The summed E-state index contributed by atoms with van der Waals surface area (Å²) >= 11 is 1.38. The summed E-state index contributed by atoms with van der Waals surface area (Å²) in [7, 11) is 0. The predicted molar refractivity (Wildman–Crippen MR) is 64.4 cm³/mol. The molecule has 0 spiro atoms. The van der Waals surface area contributed by atoms with E-state index in [0.717, 1.165) is 0 Å². The number of thioether (sulfide) groups is 1. The molecule has 0 aromatic heterocycles. The number of ether oxygens (including phenoxy) is 2. The van der Waals surface area contributed by atoms with Crippen molar-refractivity contribution in [3.63, 3.8) is 0 Å². The molecule has 0 heterocycles. The van der Waals surface area contributed by atoms with E-state index in [4.69, 9.17) is 9.47 Å². The Kier molecular flexibility index (Phi) is 7.21. The van der Waals surface area contributed by atoms with E-state index in [1.807, 2.05) is 20.8 Å². The number of esters is 2. The van der Waals surface area contributed by atoms with Crippen molar-refractivity contribution in [1.82, 2.24) is 0 Å². The fraction of sp³-hybridized carbons (Fsp3) is 0.818. The van der Waals surface area contributed by atoms with Gasteiger partial charge in [0.15, 0.2) is 0 Å². The Balaban J connectivity index is 3.52. The zero-order chi connectivity index (χ0) is 12.6. The summed E-state index contributed by atoms with van der Waals surface area (Å²) in [5.74, 6) is 0.384. The van der Waals surface area contributed by atoms with Crippen LogP contribution in [0.4, 0.5) is 0 Å². The monoisotopic (exact) mass is 248 g/mol. The fourth-order valence-electron chi connectivity index (χ4n) is 0.915. The molecule has 0 aliphatic heterocycles. The van der Waals surface area contributed by atoms with Crippen molar-refractivity contribution in [2.24, 2.45) is 0 Å². The Morgan fingerprint density at radius 1 is 1.19 bits per heavy atom. The molecule has 0 fully saturated rings. The zero-order valence-electron chi connectivity index (χ0n) is 10.4. The average molecular weight is 248 g/mol. The van der Waals surface area contributed by atoms with E-state index in [9.17, 15) is 9.59 Å². The van der Waals surface area contributed by atoms with Crippen molar-refractivity contribution in [2.45, 2.75) is 39.7 Å². The zero-order valence-corrected chi connectivity index (χ0v) is 11.2. The van der Waals surface area contributed by atoms with Gasteiger partial charge < -0.3 is 9.47 Å². The summed E-state index contributed by atoms with van der Waals surface area (Å²) in [4.78, 5) is 22.2. The van der Waals surface area contributed by atoms with Crippen molar-refractivity contribution in [2.75, 3.05) is 18.1 Å². The first-order valence-corrected chi connectivity index (χ1v) is 6.46. The van der Waals surface area contributed by atoms with Crippen LogP contribution in [0.1, 0.15) is 34.1 Å². The van der Waals surface area contributed by atoms with Crippen LogP contribution in [0, 0.1) is 0 Å². The van der Waals surface area contributed by atoms with Crippen LogP contribution in [-0.4, -0.2) is 35.7 Å². The molecule has 0 aromatic carbocycles. The predicted octanol–water partition coefficient (Wildman–Crippen LogP) is 2.01. The highest BCUT2D eigenvalue weighted by atomic mass is 32.2. The molecule has 0 rings (SSSR count). The second-order valence-corrected chi connectivity index (χ2v) is 5.30. The molecule has 16 heavy (non-hydrogen) atoms. The lowest BCUT2D eigenvalue weighted by Gasteiger charge is -2.19. The molecule has 0 aliphatic carbocycles. The van der Waals surface area contributed by atoms with E-state index in [1.54, 1.807) is 6.92 Å². The van der Waals surface area contributed by atoms with Gasteiger partial charge in [0, 0.05) is 5.75 Å². The minimum atomic E-state index is -0.446. The van der Waals surface area contributed by atoms with Crippen molar-refractivity contribution < 1.29 is 19.1 Å². The number of carbonyl (C=O) groups excluding carboxylic acids is 2. The van der Waals surface area contributed by atoms with Crippen molar-refractivity contribution in [3.8, 4) is 0 Å². The summed E-state index contributed by atoms with van der Waals surface area (Å²) < 4.78 is 9.88. The van der Waals surface area contributed by atoms with Crippen molar-refractivity contribution >= 4 is 23.7 Å². The van der Waals surface area contributed by atoms with Gasteiger partial charge in [0.25, 0.3) is 0 Å². The topological polar surface area (TPSA) is 52.6 Å². The van der Waals surface area contributed by atoms with Gasteiger partial charge in [-0.3, -0.25) is 9.59 Å². The lowest BCUT2D eigenvalue weighted by atomic mass is 10.2. The van der Waals surface area contributed by atoms with Gasteiger partial charge in [0.05, 0.1) is 18.8 Å². The van der Waals surface area contributed by atoms with Crippen LogP contribution < -0.4 is 0 Å². The molecule has 0 saturated carbocycles. The maximum atomic E-state index is 11.3. The summed E-state index contributed by atoms with van der Waals surface area (Å²) in [6.07, 6.45) is 0.335. The molecule has 0 N–H and O–H groups in total. The average Bonchev–Trinajstić information content (AvgIpc) is 2.10. The number of hydrogen-bond acceptors (Lipinski definition) is 5. The molecule has 0 radical (unpaired) electrons. The third kappa shape index (κ3) is 9.83. The van der Waals surface area contributed by atoms with Gasteiger partial charge in [-0.25, -0.2) is 0 Å². The summed E-state index contributed by atoms with van der Waals surface area (Å²) in [5.41, 5.74) is -0.446. The Labute approximate surface area is 101 Å². The third-order valence-corrected chi connectivity index (χ3v) is 2.33. The first-order valence-electron chi connectivity index (χ1n) is 5.30. The molecule has 4 nitrogen and oxygen atoms in total. The molecule has 5 heteroatoms. The molecule has 94 valence electrons. The van der Waals surface area contributed by atoms with E-state index in [0.29, 0.717) is 18.8 Å². The van der Waals surface area contributed by atoms with E-state index in [2.05, 4.69) is 0 Å². The first kappa shape index (κ1) is 15.3. The molecule has 0 unspecified atom stereocenters. The first-order chi connectivity index (χ1) is 7.35. The Morgan fingerprint density at radius 2 is 1.81 bits per heavy atom. The highest BCUT2D eigenvalue weighted by Gasteiger charge is 2.15. The van der Waals surface area contributed by atoms with Crippen LogP contribution in [0.5, 0.6) is 0 Å². The van der Waals surface area contributed by atoms with Crippen LogP contribution in [0.15, 0.2) is 0 Å². The summed E-state index contributed by atoms with van der Waals surface area (Å²) in [6, 6.07) is 0. The standard InChI is InChI=1S/C11H20O4S/c1-5-14-9(12)6-7-16-8-10(13)15-11(2,3)4/h5-8H2,1-4H3. The highest BCUT2D eigenvalue weighted by Crippen LogP contribution is 2.10. The van der Waals surface area contributed by atoms with Crippen LogP contribution in [0.3, 0.4) is 0 Å². The van der Waals surface area contributed by atoms with Gasteiger partial charge in [0.2, 0.25) is 0 Å². The van der Waals surface area contributed by atoms with Crippen LogP contribution in [0.25, 0.3) is 0 Å². The SMILES string of the molecule is CCOC(=O)CCSCC(=O)OC(C)(C)C. The molecule has 0 bridgehead atoms. The summed E-state index contributed by atoms with van der Waals surface area (Å²) in [6.45, 7) is 7.65. The third-order valence-electron chi connectivity index (χ3n) is 1.40. The molecule has 0 amide bonds. The van der Waals surface area contributed by atoms with Crippen LogP contribution in [-0.2, 0) is 19.1 Å². The number of hydrogen-bond donors (Lipinski definition) is 0. The van der Waals surface area contributed by atoms with Gasteiger partial charge in [-0.15, -0.1) is 11.8 Å². The molecule has 0 saturated heterocycles. The lowest BCUT2D eigenvalue weighted by molar-refractivity contribution is -0.151. The quantitative estimate of drug-likeness (QED) is 0.531. The van der Waals surface area contributed by atoms with Gasteiger partial charge in [-0.05, 0) is 27.7 Å². The maximum absolute atomic E-state index is 11.3. The molecule has 0 atom stereocenters. The fourth-order valence-corrected chi connectivity index (χ4v) is 1.60. The van der Waals surface area contributed by atoms with Gasteiger partial charge in [0.1, 0.15) is 5.60 Å². The van der Waals surface area contributed by atoms with E-state index in [1.165, 1.54) is 11.8 Å². The van der Waals surface area contributed by atoms with Crippen LogP contribution in [0.2, 0.25) is 0 Å². The maximum Gasteiger partial charge on any atom is 0.316 e. The largest absolute Gasteiger partial charge is 0.466 e.